The molecular formula is C30H34O6. The summed E-state index contributed by atoms with van der Waals surface area (Å²) >= 11 is 0. The topological polar surface area (TPSA) is 74.2 Å². The van der Waals surface area contributed by atoms with E-state index in [0.717, 1.165) is 34.6 Å². The summed E-state index contributed by atoms with van der Waals surface area (Å²) in [6.45, 7) is 1.60. The monoisotopic (exact) mass is 490 g/mol. The molecule has 1 N–H and O–H groups in total. The van der Waals surface area contributed by atoms with Gasteiger partial charge in [0.2, 0.25) is 0 Å². The van der Waals surface area contributed by atoms with Gasteiger partial charge in [-0.25, -0.2) is 4.79 Å². The molecule has 36 heavy (non-hydrogen) atoms. The molecule has 0 saturated heterocycles. The molecule has 2 aromatic carbocycles. The molecule has 0 spiro atoms. The summed E-state index contributed by atoms with van der Waals surface area (Å²) in [4.78, 5) is 11.2. The predicted octanol–water partition coefficient (Wildman–Crippen LogP) is 5.61. The molecular weight excluding hydrogens is 456 g/mol. The second-order valence-electron chi connectivity index (χ2n) is 10.5. The van der Waals surface area contributed by atoms with Gasteiger partial charge < -0.3 is 24.1 Å². The minimum Gasteiger partial charge on any atom is -0.495 e. The summed E-state index contributed by atoms with van der Waals surface area (Å²) in [6.07, 6.45) is 7.59. The van der Waals surface area contributed by atoms with Crippen molar-refractivity contribution >= 4 is 5.97 Å². The van der Waals surface area contributed by atoms with E-state index in [-0.39, 0.29) is 11.0 Å². The van der Waals surface area contributed by atoms with Crippen LogP contribution in [-0.2, 0) is 14.9 Å². The zero-order chi connectivity index (χ0) is 25.3. The van der Waals surface area contributed by atoms with Crippen LogP contribution in [0.1, 0.15) is 72.5 Å². The first-order chi connectivity index (χ1) is 17.4. The second-order valence-corrected chi connectivity index (χ2v) is 10.5. The van der Waals surface area contributed by atoms with Crippen LogP contribution in [0.4, 0.5) is 0 Å². The molecule has 4 bridgehead atoms. The van der Waals surface area contributed by atoms with Gasteiger partial charge in [0, 0.05) is 24.3 Å². The van der Waals surface area contributed by atoms with Crippen LogP contribution in [0, 0.1) is 29.6 Å². The quantitative estimate of drug-likeness (QED) is 0.383. The molecule has 6 heteroatoms. The molecule has 6 nitrogen and oxygen atoms in total. The molecule has 4 saturated carbocycles. The van der Waals surface area contributed by atoms with Gasteiger partial charge >= 0.3 is 12.4 Å². The van der Waals surface area contributed by atoms with Crippen LogP contribution in [-0.4, -0.2) is 38.4 Å². The summed E-state index contributed by atoms with van der Waals surface area (Å²) in [5.74, 6) is 9.21. The van der Waals surface area contributed by atoms with Crippen LogP contribution in [0.3, 0.4) is 0 Å². The van der Waals surface area contributed by atoms with Crippen molar-refractivity contribution in [3.05, 3.63) is 58.7 Å². The minimum atomic E-state index is -0.951. The first kappa shape index (κ1) is 24.7. The summed E-state index contributed by atoms with van der Waals surface area (Å²) in [5.41, 5.74) is 3.03. The first-order valence-electron chi connectivity index (χ1n) is 12.8. The number of rotatable bonds is 8. The highest BCUT2D eigenvalue weighted by molar-refractivity contribution is 5.87. The van der Waals surface area contributed by atoms with Crippen molar-refractivity contribution in [2.75, 3.05) is 20.8 Å². The van der Waals surface area contributed by atoms with E-state index in [1.807, 2.05) is 13.0 Å². The van der Waals surface area contributed by atoms with Crippen LogP contribution in [0.5, 0.6) is 11.5 Å². The maximum atomic E-state index is 11.2. The molecule has 6 rings (SSSR count). The number of benzene rings is 2. The van der Waals surface area contributed by atoms with Crippen molar-refractivity contribution in [1.82, 2.24) is 0 Å². The Bertz CT molecular complexity index is 1140. The molecule has 4 aliphatic rings. The zero-order valence-electron chi connectivity index (χ0n) is 21.2. The average Bonchev–Trinajstić information content (AvgIpc) is 2.86. The fourth-order valence-electron chi connectivity index (χ4n) is 7.01. The van der Waals surface area contributed by atoms with Gasteiger partial charge in [-0.2, -0.15) is 0 Å². The normalized spacial score (nSPS) is 26.7. The molecule has 0 aromatic heterocycles. The number of ether oxygens (including phenoxy) is 4. The van der Waals surface area contributed by atoms with E-state index >= 15 is 0 Å². The maximum absolute atomic E-state index is 11.2. The Hall–Kier alpha value is -3.01. The number of aromatic carboxylic acids is 1. The highest BCUT2D eigenvalue weighted by atomic mass is 16.8. The van der Waals surface area contributed by atoms with Crippen LogP contribution < -0.4 is 9.47 Å². The van der Waals surface area contributed by atoms with Crippen molar-refractivity contribution in [3.8, 4) is 23.3 Å². The standard InChI is InChI=1S/C30H34O6/c1-4-35-29(34-3)36-27-15-26(33-2)24(10-7-19-5-8-23(9-6-19)28(31)32)14-25(27)30-16-20-11-21(17-30)13-22(12-20)18-30/h5-6,8-9,14-15,20-22,29H,4,11-13,16-18H2,1-3H3,(H,31,32). The van der Waals surface area contributed by atoms with Gasteiger partial charge in [-0.1, -0.05) is 11.8 Å². The SMILES string of the molecule is CCOC(OC)Oc1cc(OC)c(C#Cc2ccc(C(=O)O)cc2)cc1C12CC3CC(CC(C3)C1)C2. The van der Waals surface area contributed by atoms with E-state index in [1.165, 1.54) is 44.1 Å². The fraction of sp³-hybridized carbons (Fsp3) is 0.500. The molecule has 0 heterocycles. The Morgan fingerprint density at radius 2 is 1.64 bits per heavy atom. The summed E-state index contributed by atoms with van der Waals surface area (Å²) < 4.78 is 23.1. The van der Waals surface area contributed by atoms with Crippen molar-refractivity contribution < 1.29 is 28.8 Å². The molecule has 1 atom stereocenters. The van der Waals surface area contributed by atoms with Gasteiger partial charge in [0.15, 0.2) is 0 Å². The van der Waals surface area contributed by atoms with Gasteiger partial charge in [-0.3, -0.25) is 0 Å². The molecule has 0 aliphatic heterocycles. The number of hydrogen-bond donors (Lipinski definition) is 1. The van der Waals surface area contributed by atoms with Crippen molar-refractivity contribution in [2.45, 2.75) is 57.3 Å². The molecule has 4 aliphatic carbocycles. The van der Waals surface area contributed by atoms with Gasteiger partial charge in [0.25, 0.3) is 0 Å². The minimum absolute atomic E-state index is 0.0699. The third kappa shape index (κ3) is 4.83. The van der Waals surface area contributed by atoms with E-state index in [9.17, 15) is 4.79 Å². The predicted molar refractivity (Wildman–Crippen MR) is 135 cm³/mol. The number of methoxy groups -OCH3 is 2. The summed E-state index contributed by atoms with van der Waals surface area (Å²) in [7, 11) is 3.21. The zero-order valence-corrected chi connectivity index (χ0v) is 21.2. The Balaban J connectivity index is 1.56. The highest BCUT2D eigenvalue weighted by Gasteiger charge is 2.52. The lowest BCUT2D eigenvalue weighted by atomic mass is 9.48. The highest BCUT2D eigenvalue weighted by Crippen LogP contribution is 2.62. The van der Waals surface area contributed by atoms with Crippen molar-refractivity contribution in [3.63, 3.8) is 0 Å². The van der Waals surface area contributed by atoms with Crippen LogP contribution in [0.15, 0.2) is 36.4 Å². The van der Waals surface area contributed by atoms with E-state index < -0.39 is 12.4 Å². The molecule has 1 unspecified atom stereocenters. The Labute approximate surface area is 212 Å². The maximum Gasteiger partial charge on any atom is 0.335 e. The third-order valence-corrected chi connectivity index (χ3v) is 8.10. The van der Waals surface area contributed by atoms with Crippen molar-refractivity contribution in [1.29, 1.82) is 0 Å². The van der Waals surface area contributed by atoms with E-state index in [4.69, 9.17) is 24.1 Å². The van der Waals surface area contributed by atoms with Gasteiger partial charge in [-0.05, 0) is 98.9 Å². The van der Waals surface area contributed by atoms with Crippen molar-refractivity contribution in [2.24, 2.45) is 17.8 Å². The molecule has 2 aromatic rings. The van der Waals surface area contributed by atoms with E-state index in [2.05, 4.69) is 17.9 Å². The van der Waals surface area contributed by atoms with E-state index in [1.54, 1.807) is 38.5 Å². The molecule has 4 fully saturated rings. The van der Waals surface area contributed by atoms with Gasteiger partial charge in [-0.15, -0.1) is 0 Å². The Kier molecular flexibility index (Phi) is 6.96. The first-order valence-corrected chi connectivity index (χ1v) is 12.8. The number of carboxylic acids is 1. The van der Waals surface area contributed by atoms with Gasteiger partial charge in [0.05, 0.1) is 24.8 Å². The van der Waals surface area contributed by atoms with Crippen LogP contribution in [0.25, 0.3) is 0 Å². The van der Waals surface area contributed by atoms with E-state index in [0.29, 0.717) is 12.4 Å². The largest absolute Gasteiger partial charge is 0.495 e. The lowest BCUT2D eigenvalue weighted by Crippen LogP contribution is -2.48. The molecule has 190 valence electrons. The second kappa shape index (κ2) is 10.2. The number of carboxylic acid groups (broad SMARTS) is 1. The smallest absolute Gasteiger partial charge is 0.335 e. The summed E-state index contributed by atoms with van der Waals surface area (Å²) in [6, 6.07) is 10.7. The Morgan fingerprint density at radius 1 is 1.00 bits per heavy atom. The fourth-order valence-corrected chi connectivity index (χ4v) is 7.01. The lowest BCUT2D eigenvalue weighted by Gasteiger charge is -2.57. The average molecular weight is 491 g/mol. The Morgan fingerprint density at radius 3 is 2.17 bits per heavy atom. The summed E-state index contributed by atoms with van der Waals surface area (Å²) in [5, 5.41) is 9.16. The van der Waals surface area contributed by atoms with Gasteiger partial charge in [0.1, 0.15) is 11.5 Å². The van der Waals surface area contributed by atoms with Crippen LogP contribution >= 0.6 is 0 Å². The van der Waals surface area contributed by atoms with Crippen LogP contribution in [0.2, 0.25) is 0 Å². The molecule has 0 radical (unpaired) electrons. The number of hydrogen-bond acceptors (Lipinski definition) is 5. The number of carbonyl (C=O) groups is 1. The third-order valence-electron chi connectivity index (χ3n) is 8.10. The molecule has 0 amide bonds. The lowest BCUT2D eigenvalue weighted by molar-refractivity contribution is -0.231.